The number of rotatable bonds is 1. The van der Waals surface area contributed by atoms with Crippen molar-refractivity contribution >= 4 is 5.78 Å². The molecule has 0 aromatic heterocycles. The summed E-state index contributed by atoms with van der Waals surface area (Å²) in [5.41, 5.74) is 2.54. The van der Waals surface area contributed by atoms with Gasteiger partial charge in [-0.2, -0.15) is 0 Å². The van der Waals surface area contributed by atoms with Crippen LogP contribution in [0, 0.1) is 16.7 Å². The fourth-order valence-electron chi connectivity index (χ4n) is 5.87. The van der Waals surface area contributed by atoms with Gasteiger partial charge in [0.1, 0.15) is 11.5 Å². The van der Waals surface area contributed by atoms with E-state index in [1.165, 1.54) is 11.1 Å². The maximum Gasteiger partial charge on any atom is 0.139 e. The number of carbonyl (C=O) groups is 1. The molecule has 4 rings (SSSR count). The van der Waals surface area contributed by atoms with E-state index in [0.29, 0.717) is 23.4 Å². The number of hydrogen-bond donors (Lipinski definition) is 1. The lowest BCUT2D eigenvalue weighted by Crippen LogP contribution is -2.49. The molecular formula is C20H24O2. The quantitative estimate of drug-likeness (QED) is 0.781. The molecule has 0 unspecified atom stereocenters. The van der Waals surface area contributed by atoms with Crippen molar-refractivity contribution in [2.75, 3.05) is 0 Å². The smallest absolute Gasteiger partial charge is 0.139 e. The Balaban J connectivity index is 1.86. The molecule has 0 radical (unpaired) electrons. The van der Waals surface area contributed by atoms with Gasteiger partial charge in [0, 0.05) is 11.8 Å². The van der Waals surface area contributed by atoms with Crippen LogP contribution >= 0.6 is 0 Å². The van der Waals surface area contributed by atoms with Gasteiger partial charge in [-0.15, -0.1) is 6.58 Å². The zero-order chi connectivity index (χ0) is 15.5. The van der Waals surface area contributed by atoms with Crippen molar-refractivity contribution in [2.24, 2.45) is 16.7 Å². The molecule has 2 fully saturated rings. The van der Waals surface area contributed by atoms with Gasteiger partial charge in [-0.1, -0.05) is 19.1 Å². The Morgan fingerprint density at radius 2 is 2.09 bits per heavy atom. The molecule has 2 saturated carbocycles. The third kappa shape index (κ3) is 1.59. The van der Waals surface area contributed by atoms with Gasteiger partial charge in [0.25, 0.3) is 0 Å². The number of aromatic hydroxyl groups is 1. The molecule has 1 aromatic rings. The molecule has 4 atom stereocenters. The summed E-state index contributed by atoms with van der Waals surface area (Å²) in [5, 5.41) is 9.94. The Morgan fingerprint density at radius 1 is 1.27 bits per heavy atom. The number of aryl methyl sites for hydroxylation is 1. The summed E-state index contributed by atoms with van der Waals surface area (Å²) in [6.45, 7) is 6.38. The SMILES string of the molecule is C=C[C@@]12CCc3ccc(O)cc3[C@H]1CC[C@]1(C)C(=O)CC[C@@H]21. The van der Waals surface area contributed by atoms with Crippen molar-refractivity contribution in [3.05, 3.63) is 42.0 Å². The number of fused-ring (bicyclic) bond motifs is 5. The van der Waals surface area contributed by atoms with Crippen LogP contribution in [0.4, 0.5) is 0 Å². The van der Waals surface area contributed by atoms with Gasteiger partial charge in [-0.3, -0.25) is 4.79 Å². The Kier molecular flexibility index (Phi) is 2.85. The van der Waals surface area contributed by atoms with E-state index in [1.807, 2.05) is 6.07 Å². The number of benzene rings is 1. The van der Waals surface area contributed by atoms with E-state index in [9.17, 15) is 9.90 Å². The topological polar surface area (TPSA) is 37.3 Å². The standard InChI is InChI=1S/C20H24O2/c1-3-20-11-8-13-4-5-14(21)12-15(13)16(20)9-10-19(2)17(20)6-7-18(19)22/h3-5,12,16-17,21H,1,6-11H2,2H3/t16-,17-,19+,20-/m1/s1. The second kappa shape index (κ2) is 4.47. The third-order valence-electron chi connectivity index (χ3n) is 7.03. The van der Waals surface area contributed by atoms with Crippen LogP contribution in [0.1, 0.15) is 56.1 Å². The highest BCUT2D eigenvalue weighted by molar-refractivity contribution is 5.87. The first-order valence-corrected chi connectivity index (χ1v) is 8.50. The number of Topliss-reactive ketones (excluding diaryl/α,β-unsaturated/α-hetero) is 1. The molecule has 0 saturated heterocycles. The highest BCUT2D eigenvalue weighted by Crippen LogP contribution is 2.66. The maximum absolute atomic E-state index is 12.5. The van der Waals surface area contributed by atoms with E-state index in [4.69, 9.17) is 0 Å². The van der Waals surface area contributed by atoms with E-state index in [-0.39, 0.29) is 10.8 Å². The summed E-state index contributed by atoms with van der Waals surface area (Å²) < 4.78 is 0. The second-order valence-electron chi connectivity index (χ2n) is 7.72. The zero-order valence-corrected chi connectivity index (χ0v) is 13.3. The summed E-state index contributed by atoms with van der Waals surface area (Å²) >= 11 is 0. The molecule has 0 amide bonds. The lowest BCUT2D eigenvalue weighted by Gasteiger charge is -2.56. The molecule has 3 aliphatic rings. The molecule has 22 heavy (non-hydrogen) atoms. The Hall–Kier alpha value is -1.57. The Bertz CT molecular complexity index is 662. The van der Waals surface area contributed by atoms with Crippen LogP contribution in [0.15, 0.2) is 30.9 Å². The minimum Gasteiger partial charge on any atom is -0.508 e. The van der Waals surface area contributed by atoms with E-state index < -0.39 is 0 Å². The van der Waals surface area contributed by atoms with Crippen LogP contribution in [-0.4, -0.2) is 10.9 Å². The molecule has 2 nitrogen and oxygen atoms in total. The van der Waals surface area contributed by atoms with E-state index in [0.717, 1.165) is 38.5 Å². The third-order valence-corrected chi connectivity index (χ3v) is 7.03. The first-order valence-electron chi connectivity index (χ1n) is 8.50. The number of phenolic OH excluding ortho intramolecular Hbond substituents is 1. The van der Waals surface area contributed by atoms with Crippen molar-refractivity contribution in [3.8, 4) is 5.75 Å². The molecule has 0 bridgehead atoms. The molecular weight excluding hydrogens is 272 g/mol. The summed E-state index contributed by atoms with van der Waals surface area (Å²) in [6, 6.07) is 5.83. The van der Waals surface area contributed by atoms with Crippen molar-refractivity contribution in [2.45, 2.75) is 51.4 Å². The molecule has 0 aliphatic heterocycles. The first kappa shape index (κ1) is 14.0. The number of hydrogen-bond acceptors (Lipinski definition) is 2. The van der Waals surface area contributed by atoms with Gasteiger partial charge in [0.15, 0.2) is 0 Å². The fraction of sp³-hybridized carbons (Fsp3) is 0.550. The van der Waals surface area contributed by atoms with E-state index in [1.54, 1.807) is 6.07 Å². The van der Waals surface area contributed by atoms with E-state index in [2.05, 4.69) is 25.6 Å². The molecule has 0 heterocycles. The van der Waals surface area contributed by atoms with Crippen molar-refractivity contribution in [3.63, 3.8) is 0 Å². The predicted octanol–water partition coefficient (Wildman–Crippen LogP) is 4.37. The minimum absolute atomic E-state index is 0.0277. The highest BCUT2D eigenvalue weighted by Gasteiger charge is 2.60. The molecule has 2 heteroatoms. The summed E-state index contributed by atoms with van der Waals surface area (Å²) in [4.78, 5) is 12.5. The summed E-state index contributed by atoms with van der Waals surface area (Å²) in [7, 11) is 0. The fourth-order valence-corrected chi connectivity index (χ4v) is 5.87. The lowest BCUT2D eigenvalue weighted by atomic mass is 9.47. The lowest BCUT2D eigenvalue weighted by molar-refractivity contribution is -0.131. The molecule has 1 aromatic carbocycles. The number of ketones is 1. The average molecular weight is 296 g/mol. The van der Waals surface area contributed by atoms with Crippen LogP contribution in [0.3, 0.4) is 0 Å². The van der Waals surface area contributed by atoms with Crippen molar-refractivity contribution < 1.29 is 9.90 Å². The average Bonchev–Trinajstić information content (AvgIpc) is 2.83. The van der Waals surface area contributed by atoms with Gasteiger partial charge in [-0.25, -0.2) is 0 Å². The van der Waals surface area contributed by atoms with Crippen LogP contribution in [-0.2, 0) is 11.2 Å². The normalized spacial score (nSPS) is 39.8. The molecule has 3 aliphatic carbocycles. The van der Waals surface area contributed by atoms with Gasteiger partial charge in [0.05, 0.1) is 0 Å². The molecule has 0 spiro atoms. The highest BCUT2D eigenvalue weighted by atomic mass is 16.3. The summed E-state index contributed by atoms with van der Waals surface area (Å²) in [5.74, 6) is 1.64. The van der Waals surface area contributed by atoms with Gasteiger partial charge >= 0.3 is 0 Å². The minimum atomic E-state index is -0.154. The number of allylic oxidation sites excluding steroid dienone is 1. The second-order valence-corrected chi connectivity index (χ2v) is 7.72. The molecule has 116 valence electrons. The zero-order valence-electron chi connectivity index (χ0n) is 13.3. The maximum atomic E-state index is 12.5. The van der Waals surface area contributed by atoms with Gasteiger partial charge in [-0.05, 0) is 72.6 Å². The van der Waals surface area contributed by atoms with Crippen molar-refractivity contribution in [1.82, 2.24) is 0 Å². The first-order chi connectivity index (χ1) is 10.5. The van der Waals surface area contributed by atoms with Gasteiger partial charge < -0.3 is 5.11 Å². The summed E-state index contributed by atoms with van der Waals surface area (Å²) in [6.07, 6.45) is 8.02. The van der Waals surface area contributed by atoms with Crippen LogP contribution < -0.4 is 0 Å². The number of phenols is 1. The van der Waals surface area contributed by atoms with Crippen LogP contribution in [0.5, 0.6) is 5.75 Å². The number of carbonyl (C=O) groups excluding carboxylic acids is 1. The monoisotopic (exact) mass is 296 g/mol. The predicted molar refractivity (Wildman–Crippen MR) is 86.9 cm³/mol. The van der Waals surface area contributed by atoms with E-state index >= 15 is 0 Å². The van der Waals surface area contributed by atoms with Crippen LogP contribution in [0.2, 0.25) is 0 Å². The Labute approximate surface area is 132 Å². The van der Waals surface area contributed by atoms with Crippen molar-refractivity contribution in [1.29, 1.82) is 0 Å². The van der Waals surface area contributed by atoms with Gasteiger partial charge in [0.2, 0.25) is 0 Å². The Morgan fingerprint density at radius 3 is 2.86 bits per heavy atom. The largest absolute Gasteiger partial charge is 0.508 e. The van der Waals surface area contributed by atoms with Crippen LogP contribution in [0.25, 0.3) is 0 Å². The molecule has 1 N–H and O–H groups in total.